The number of aromatic amines is 1. The van der Waals surface area contributed by atoms with Gasteiger partial charge in [-0.2, -0.15) is 0 Å². The molecule has 0 radical (unpaired) electrons. The van der Waals surface area contributed by atoms with Crippen LogP contribution in [0.2, 0.25) is 0 Å². The van der Waals surface area contributed by atoms with Gasteiger partial charge in [0.2, 0.25) is 0 Å². The van der Waals surface area contributed by atoms with Crippen molar-refractivity contribution in [2.45, 2.75) is 18.9 Å². The van der Waals surface area contributed by atoms with Crippen LogP contribution in [-0.4, -0.2) is 9.97 Å². The van der Waals surface area contributed by atoms with Crippen LogP contribution in [0.1, 0.15) is 23.2 Å². The van der Waals surface area contributed by atoms with Crippen LogP contribution in [0, 0.1) is 0 Å². The number of rotatable bonds is 5. The summed E-state index contributed by atoms with van der Waals surface area (Å²) in [5.74, 6) is 6.39. The van der Waals surface area contributed by atoms with Gasteiger partial charge in [-0.3, -0.25) is 5.84 Å². The number of hydrogen-bond donors (Lipinski definition) is 3. The molecule has 0 aliphatic heterocycles. The number of nitrogens with two attached hydrogens (primary N) is 1. The summed E-state index contributed by atoms with van der Waals surface area (Å²) in [5, 5.41) is 2.09. The maximum absolute atomic E-state index is 5.50. The molecule has 5 heteroatoms. The fourth-order valence-electron chi connectivity index (χ4n) is 1.51. The Morgan fingerprint density at radius 3 is 3.13 bits per heavy atom. The number of hydrazine groups is 1. The minimum absolute atomic E-state index is 0.0992. The highest BCUT2D eigenvalue weighted by atomic mass is 32.1. The lowest BCUT2D eigenvalue weighted by molar-refractivity contribution is 0.496. The molecule has 0 bridgehead atoms. The minimum atomic E-state index is 0.0992. The summed E-state index contributed by atoms with van der Waals surface area (Å²) in [7, 11) is 0. The van der Waals surface area contributed by atoms with E-state index in [-0.39, 0.29) is 6.04 Å². The Morgan fingerprint density at radius 1 is 1.60 bits per heavy atom. The van der Waals surface area contributed by atoms with E-state index >= 15 is 0 Å². The molecule has 0 aromatic carbocycles. The average molecular weight is 222 g/mol. The van der Waals surface area contributed by atoms with E-state index in [1.54, 1.807) is 17.5 Å². The van der Waals surface area contributed by atoms with E-state index in [2.05, 4.69) is 32.9 Å². The number of H-pyrrole nitrogens is 1. The molecule has 80 valence electrons. The lowest BCUT2D eigenvalue weighted by Gasteiger charge is -2.12. The summed E-state index contributed by atoms with van der Waals surface area (Å²) in [6, 6.07) is 4.31. The topological polar surface area (TPSA) is 66.7 Å². The first-order chi connectivity index (χ1) is 7.40. The number of hydrogen-bond acceptors (Lipinski definition) is 4. The van der Waals surface area contributed by atoms with Gasteiger partial charge in [0.25, 0.3) is 0 Å². The van der Waals surface area contributed by atoms with Gasteiger partial charge < -0.3 is 4.98 Å². The van der Waals surface area contributed by atoms with E-state index in [1.807, 2.05) is 6.20 Å². The van der Waals surface area contributed by atoms with Crippen molar-refractivity contribution in [3.63, 3.8) is 0 Å². The molecule has 4 N–H and O–H groups in total. The third-order valence-corrected chi connectivity index (χ3v) is 3.25. The summed E-state index contributed by atoms with van der Waals surface area (Å²) in [6.45, 7) is 0. The molecule has 2 rings (SSSR count). The van der Waals surface area contributed by atoms with E-state index in [4.69, 9.17) is 5.84 Å². The highest BCUT2D eigenvalue weighted by Crippen LogP contribution is 2.17. The van der Waals surface area contributed by atoms with E-state index in [9.17, 15) is 0 Å². The van der Waals surface area contributed by atoms with Crippen molar-refractivity contribution >= 4 is 11.3 Å². The predicted molar refractivity (Wildman–Crippen MR) is 61.3 cm³/mol. The Bertz CT molecular complexity index is 368. The van der Waals surface area contributed by atoms with E-state index in [0.717, 1.165) is 18.7 Å². The smallest absolute Gasteiger partial charge is 0.124 e. The van der Waals surface area contributed by atoms with E-state index in [1.165, 1.54) is 4.88 Å². The van der Waals surface area contributed by atoms with Crippen molar-refractivity contribution in [2.75, 3.05) is 0 Å². The van der Waals surface area contributed by atoms with Crippen LogP contribution in [0.5, 0.6) is 0 Å². The summed E-state index contributed by atoms with van der Waals surface area (Å²) in [4.78, 5) is 8.64. The van der Waals surface area contributed by atoms with Crippen LogP contribution in [-0.2, 0) is 6.42 Å². The quantitative estimate of drug-likeness (QED) is 0.532. The zero-order chi connectivity index (χ0) is 10.5. The van der Waals surface area contributed by atoms with Gasteiger partial charge in [-0.15, -0.1) is 11.3 Å². The number of thiophene rings is 1. The standard InChI is InChI=1S/C10H14N4S/c11-14-9(10-12-5-6-13-10)4-3-8-2-1-7-15-8/h1-2,5-7,9,14H,3-4,11H2,(H,12,13). The van der Waals surface area contributed by atoms with Crippen LogP contribution in [0.3, 0.4) is 0 Å². The van der Waals surface area contributed by atoms with Crippen LogP contribution in [0.4, 0.5) is 0 Å². The van der Waals surface area contributed by atoms with E-state index in [0.29, 0.717) is 0 Å². The maximum atomic E-state index is 5.50. The molecule has 4 nitrogen and oxygen atoms in total. The second-order valence-electron chi connectivity index (χ2n) is 3.31. The summed E-state index contributed by atoms with van der Waals surface area (Å²) < 4.78 is 0. The molecule has 0 saturated carbocycles. The molecule has 15 heavy (non-hydrogen) atoms. The first kappa shape index (κ1) is 10.4. The van der Waals surface area contributed by atoms with Gasteiger partial charge in [0.15, 0.2) is 0 Å². The molecule has 1 atom stereocenters. The van der Waals surface area contributed by atoms with Crippen molar-refractivity contribution in [1.82, 2.24) is 15.4 Å². The zero-order valence-corrected chi connectivity index (χ0v) is 9.13. The van der Waals surface area contributed by atoms with Crippen molar-refractivity contribution in [2.24, 2.45) is 5.84 Å². The van der Waals surface area contributed by atoms with Crippen molar-refractivity contribution in [1.29, 1.82) is 0 Å². The fraction of sp³-hybridized carbons (Fsp3) is 0.300. The van der Waals surface area contributed by atoms with Gasteiger partial charge in [0.05, 0.1) is 6.04 Å². The largest absolute Gasteiger partial charge is 0.347 e. The normalized spacial score (nSPS) is 12.9. The molecular weight excluding hydrogens is 208 g/mol. The molecule has 0 aliphatic carbocycles. The van der Waals surface area contributed by atoms with Gasteiger partial charge in [-0.1, -0.05) is 6.07 Å². The van der Waals surface area contributed by atoms with Gasteiger partial charge in [-0.05, 0) is 24.3 Å². The first-order valence-electron chi connectivity index (χ1n) is 4.88. The second kappa shape index (κ2) is 5.06. The molecule has 0 aliphatic rings. The zero-order valence-electron chi connectivity index (χ0n) is 8.31. The number of imidazole rings is 1. The number of aromatic nitrogens is 2. The van der Waals surface area contributed by atoms with Crippen molar-refractivity contribution in [3.8, 4) is 0 Å². The lowest BCUT2D eigenvalue weighted by atomic mass is 10.1. The summed E-state index contributed by atoms with van der Waals surface area (Å²) in [6.07, 6.45) is 5.52. The number of nitrogens with zero attached hydrogens (tertiary/aromatic N) is 1. The third-order valence-electron chi connectivity index (χ3n) is 2.31. The Labute approximate surface area is 92.5 Å². The maximum Gasteiger partial charge on any atom is 0.124 e. The highest BCUT2D eigenvalue weighted by molar-refractivity contribution is 7.09. The minimum Gasteiger partial charge on any atom is -0.347 e. The third kappa shape index (κ3) is 2.65. The predicted octanol–water partition coefficient (Wildman–Crippen LogP) is 1.61. The molecule has 2 aromatic rings. The Hall–Kier alpha value is -1.17. The van der Waals surface area contributed by atoms with Crippen LogP contribution < -0.4 is 11.3 Å². The highest BCUT2D eigenvalue weighted by Gasteiger charge is 2.11. The molecule has 1 unspecified atom stereocenters. The van der Waals surface area contributed by atoms with Crippen molar-refractivity contribution < 1.29 is 0 Å². The van der Waals surface area contributed by atoms with Crippen molar-refractivity contribution in [3.05, 3.63) is 40.6 Å². The second-order valence-corrected chi connectivity index (χ2v) is 4.34. The molecule has 0 fully saturated rings. The lowest BCUT2D eigenvalue weighted by Crippen LogP contribution is -2.29. The van der Waals surface area contributed by atoms with Gasteiger partial charge in [0.1, 0.15) is 5.82 Å². The van der Waals surface area contributed by atoms with E-state index < -0.39 is 0 Å². The first-order valence-corrected chi connectivity index (χ1v) is 5.76. The van der Waals surface area contributed by atoms with Crippen LogP contribution >= 0.6 is 11.3 Å². The molecule has 0 spiro atoms. The molecule has 2 heterocycles. The fourth-order valence-corrected chi connectivity index (χ4v) is 2.23. The molecular formula is C10H14N4S. The SMILES string of the molecule is NNC(CCc1cccs1)c1ncc[nH]1. The monoisotopic (exact) mass is 222 g/mol. The molecule has 0 amide bonds. The van der Waals surface area contributed by atoms with Crippen LogP contribution in [0.15, 0.2) is 29.9 Å². The van der Waals surface area contributed by atoms with Gasteiger partial charge in [-0.25, -0.2) is 10.4 Å². The Kier molecular flexibility index (Phi) is 3.49. The molecule has 0 saturated heterocycles. The Morgan fingerprint density at radius 2 is 2.53 bits per heavy atom. The summed E-state index contributed by atoms with van der Waals surface area (Å²) in [5.41, 5.74) is 2.78. The van der Waals surface area contributed by atoms with Crippen LogP contribution in [0.25, 0.3) is 0 Å². The number of nitrogens with one attached hydrogen (secondary N) is 2. The van der Waals surface area contributed by atoms with Gasteiger partial charge in [0, 0.05) is 17.3 Å². The average Bonchev–Trinajstić information content (AvgIpc) is 2.90. The Balaban J connectivity index is 1.92. The van der Waals surface area contributed by atoms with Gasteiger partial charge >= 0.3 is 0 Å². The number of aryl methyl sites for hydroxylation is 1. The molecule has 2 aromatic heterocycles. The summed E-state index contributed by atoms with van der Waals surface area (Å²) >= 11 is 1.77.